The summed E-state index contributed by atoms with van der Waals surface area (Å²) in [5.41, 5.74) is 1.96. The van der Waals surface area contributed by atoms with Crippen molar-refractivity contribution in [2.45, 2.75) is 25.8 Å². The lowest BCUT2D eigenvalue weighted by Gasteiger charge is -2.28. The third-order valence-electron chi connectivity index (χ3n) is 3.50. The normalized spacial score (nSPS) is 16.0. The van der Waals surface area contributed by atoms with E-state index in [9.17, 15) is 9.59 Å². The zero-order valence-electron chi connectivity index (χ0n) is 12.1. The summed E-state index contributed by atoms with van der Waals surface area (Å²) in [6, 6.07) is 8.47. The van der Waals surface area contributed by atoms with Crippen LogP contribution in [0.3, 0.4) is 0 Å². The Hall–Kier alpha value is -2.30. The lowest BCUT2D eigenvalue weighted by molar-refractivity contribution is -0.137. The summed E-state index contributed by atoms with van der Waals surface area (Å²) in [7, 11) is 0. The first kappa shape index (κ1) is 15.1. The molecule has 21 heavy (non-hydrogen) atoms. The van der Waals surface area contributed by atoms with Crippen molar-refractivity contribution < 1.29 is 14.7 Å². The zero-order chi connectivity index (χ0) is 15.2. The first-order chi connectivity index (χ1) is 10.1. The van der Waals surface area contributed by atoms with E-state index in [4.69, 9.17) is 5.11 Å². The van der Waals surface area contributed by atoms with Crippen LogP contribution in [0.1, 0.15) is 31.4 Å². The number of amides is 2. The molecule has 5 nitrogen and oxygen atoms in total. The highest BCUT2D eigenvalue weighted by molar-refractivity contribution is 5.76. The second-order valence-electron chi connectivity index (χ2n) is 5.27. The number of rotatable bonds is 4. The van der Waals surface area contributed by atoms with Gasteiger partial charge in [-0.1, -0.05) is 42.0 Å². The van der Waals surface area contributed by atoms with E-state index in [0.29, 0.717) is 13.1 Å². The van der Waals surface area contributed by atoms with Gasteiger partial charge in [-0.15, -0.1) is 0 Å². The number of nitrogens with zero attached hydrogens (tertiary/aromatic N) is 1. The summed E-state index contributed by atoms with van der Waals surface area (Å²) in [4.78, 5) is 25.0. The van der Waals surface area contributed by atoms with Crippen molar-refractivity contribution in [3.8, 4) is 0 Å². The third kappa shape index (κ3) is 4.34. The highest BCUT2D eigenvalue weighted by Crippen LogP contribution is 2.18. The summed E-state index contributed by atoms with van der Waals surface area (Å²) >= 11 is 0. The molecule has 0 aromatic heterocycles. The van der Waals surface area contributed by atoms with Crippen LogP contribution in [0.25, 0.3) is 0 Å². The molecular weight excluding hydrogens is 268 g/mol. The number of carboxylic acid groups (broad SMARTS) is 1. The van der Waals surface area contributed by atoms with Gasteiger partial charge in [0.15, 0.2) is 0 Å². The Kier molecular flexibility index (Phi) is 4.98. The van der Waals surface area contributed by atoms with Crippen LogP contribution in [-0.4, -0.2) is 35.1 Å². The molecule has 0 fully saturated rings. The fraction of sp³-hybridized carbons (Fsp3) is 0.375. The number of hydrogen-bond donors (Lipinski definition) is 2. The van der Waals surface area contributed by atoms with Gasteiger partial charge in [0.05, 0.1) is 12.5 Å². The number of nitrogens with one attached hydrogen (secondary N) is 1. The average Bonchev–Trinajstić information content (AvgIpc) is 2.47. The molecule has 1 heterocycles. The Morgan fingerprint density at radius 3 is 2.67 bits per heavy atom. The first-order valence-electron chi connectivity index (χ1n) is 7.04. The van der Waals surface area contributed by atoms with E-state index in [-0.39, 0.29) is 12.5 Å². The van der Waals surface area contributed by atoms with Crippen LogP contribution < -0.4 is 5.32 Å². The van der Waals surface area contributed by atoms with Crippen LogP contribution in [0.5, 0.6) is 0 Å². The second-order valence-corrected chi connectivity index (χ2v) is 5.27. The van der Waals surface area contributed by atoms with E-state index in [1.54, 1.807) is 4.90 Å². The molecule has 0 saturated carbocycles. The number of benzene rings is 1. The van der Waals surface area contributed by atoms with Gasteiger partial charge in [0.1, 0.15) is 0 Å². The number of urea groups is 1. The molecule has 1 aromatic carbocycles. The predicted molar refractivity (Wildman–Crippen MR) is 79.9 cm³/mol. The maximum Gasteiger partial charge on any atom is 0.318 e. The molecular formula is C16H20N2O3. The summed E-state index contributed by atoms with van der Waals surface area (Å²) in [6.07, 6.45) is 2.84. The van der Waals surface area contributed by atoms with Crippen LogP contribution in [0.2, 0.25) is 0 Å². The minimum Gasteiger partial charge on any atom is -0.481 e. The van der Waals surface area contributed by atoms with E-state index >= 15 is 0 Å². The minimum atomic E-state index is -0.932. The van der Waals surface area contributed by atoms with E-state index < -0.39 is 12.0 Å². The van der Waals surface area contributed by atoms with Crippen LogP contribution in [0.15, 0.2) is 42.0 Å². The molecule has 0 aliphatic carbocycles. The van der Waals surface area contributed by atoms with E-state index in [0.717, 1.165) is 17.6 Å². The van der Waals surface area contributed by atoms with Gasteiger partial charge in [-0.05, 0) is 18.9 Å². The smallest absolute Gasteiger partial charge is 0.318 e. The largest absolute Gasteiger partial charge is 0.481 e. The average molecular weight is 288 g/mol. The maximum absolute atomic E-state index is 12.3. The van der Waals surface area contributed by atoms with Gasteiger partial charge in [-0.25, -0.2) is 4.79 Å². The summed E-state index contributed by atoms with van der Waals surface area (Å²) in [5, 5.41) is 11.9. The molecule has 2 amide bonds. The maximum atomic E-state index is 12.3. The molecule has 1 atom stereocenters. The summed E-state index contributed by atoms with van der Waals surface area (Å²) in [5.74, 6) is -0.932. The van der Waals surface area contributed by atoms with E-state index in [1.807, 2.05) is 37.3 Å². The predicted octanol–water partition coefficient (Wildman–Crippen LogP) is 2.56. The molecule has 1 aliphatic heterocycles. The Balaban J connectivity index is 2.06. The number of hydrogen-bond acceptors (Lipinski definition) is 2. The van der Waals surface area contributed by atoms with Gasteiger partial charge < -0.3 is 15.3 Å². The quantitative estimate of drug-likeness (QED) is 0.837. The monoisotopic (exact) mass is 288 g/mol. The number of carbonyl (C=O) groups excluding carboxylic acids is 1. The van der Waals surface area contributed by atoms with Crippen LogP contribution >= 0.6 is 0 Å². The molecule has 1 unspecified atom stereocenters. The lowest BCUT2D eigenvalue weighted by atomic mass is 10.0. The summed E-state index contributed by atoms with van der Waals surface area (Å²) < 4.78 is 0. The molecule has 0 bridgehead atoms. The van der Waals surface area contributed by atoms with Crippen LogP contribution in [-0.2, 0) is 4.79 Å². The van der Waals surface area contributed by atoms with E-state index in [1.165, 1.54) is 0 Å². The van der Waals surface area contributed by atoms with Crippen LogP contribution in [0.4, 0.5) is 4.79 Å². The topological polar surface area (TPSA) is 69.6 Å². The Morgan fingerprint density at radius 1 is 1.33 bits per heavy atom. The van der Waals surface area contributed by atoms with Crippen molar-refractivity contribution in [2.24, 2.45) is 0 Å². The van der Waals surface area contributed by atoms with Gasteiger partial charge in [-0.3, -0.25) is 4.79 Å². The van der Waals surface area contributed by atoms with Gasteiger partial charge in [-0.2, -0.15) is 0 Å². The second kappa shape index (κ2) is 6.92. The van der Waals surface area contributed by atoms with Gasteiger partial charge in [0.25, 0.3) is 0 Å². The fourth-order valence-electron chi connectivity index (χ4n) is 2.44. The lowest BCUT2D eigenvalue weighted by Crippen LogP contribution is -2.44. The van der Waals surface area contributed by atoms with Crippen molar-refractivity contribution in [3.63, 3.8) is 0 Å². The SMILES string of the molecule is CC1=CCCN(C(=O)NC(CC(=O)O)c2ccccc2)C1. The first-order valence-corrected chi connectivity index (χ1v) is 7.04. The molecule has 5 heteroatoms. The molecule has 2 N–H and O–H groups in total. The van der Waals surface area contributed by atoms with E-state index in [2.05, 4.69) is 11.4 Å². The molecule has 1 aliphatic rings. The van der Waals surface area contributed by atoms with Gasteiger partial charge >= 0.3 is 12.0 Å². The molecule has 112 valence electrons. The third-order valence-corrected chi connectivity index (χ3v) is 3.50. The van der Waals surface area contributed by atoms with Crippen molar-refractivity contribution in [2.75, 3.05) is 13.1 Å². The van der Waals surface area contributed by atoms with Crippen molar-refractivity contribution >= 4 is 12.0 Å². The summed E-state index contributed by atoms with van der Waals surface area (Å²) in [6.45, 7) is 3.25. The van der Waals surface area contributed by atoms with Crippen molar-refractivity contribution in [1.82, 2.24) is 10.2 Å². The fourth-order valence-corrected chi connectivity index (χ4v) is 2.44. The van der Waals surface area contributed by atoms with Crippen molar-refractivity contribution in [3.05, 3.63) is 47.5 Å². The highest BCUT2D eigenvalue weighted by atomic mass is 16.4. The van der Waals surface area contributed by atoms with Gasteiger partial charge in [0.2, 0.25) is 0 Å². The Bertz CT molecular complexity index is 540. The standard InChI is InChI=1S/C16H20N2O3/c1-12-6-5-9-18(11-12)16(21)17-14(10-15(19)20)13-7-3-2-4-8-13/h2-4,6-8,14H,5,9-11H2,1H3,(H,17,21)(H,19,20). The van der Waals surface area contributed by atoms with Gasteiger partial charge in [0, 0.05) is 13.1 Å². The highest BCUT2D eigenvalue weighted by Gasteiger charge is 2.22. The number of carboxylic acids is 1. The molecule has 1 aromatic rings. The zero-order valence-corrected chi connectivity index (χ0v) is 12.1. The Morgan fingerprint density at radius 2 is 2.05 bits per heavy atom. The Labute approximate surface area is 124 Å². The van der Waals surface area contributed by atoms with Crippen molar-refractivity contribution in [1.29, 1.82) is 0 Å². The minimum absolute atomic E-state index is 0.127. The molecule has 0 saturated heterocycles. The van der Waals surface area contributed by atoms with Crippen LogP contribution in [0, 0.1) is 0 Å². The molecule has 0 spiro atoms. The molecule has 2 rings (SSSR count). The number of carbonyl (C=O) groups is 2. The molecule has 0 radical (unpaired) electrons. The number of aliphatic carboxylic acids is 1.